The summed E-state index contributed by atoms with van der Waals surface area (Å²) in [6.07, 6.45) is 0.966. The highest BCUT2D eigenvalue weighted by molar-refractivity contribution is 14.0. The lowest BCUT2D eigenvalue weighted by Crippen LogP contribution is -2.46. The summed E-state index contributed by atoms with van der Waals surface area (Å²) in [5.74, 6) is 0.608. The van der Waals surface area contributed by atoms with Gasteiger partial charge in [-0.3, -0.25) is 4.79 Å². The first-order valence-electron chi connectivity index (χ1n) is 8.51. The van der Waals surface area contributed by atoms with Crippen molar-refractivity contribution in [1.29, 1.82) is 0 Å². The minimum Gasteiger partial charge on any atom is -0.379 e. The van der Waals surface area contributed by atoms with E-state index < -0.39 is 0 Å². The molecule has 1 rings (SSSR count). The molecule has 1 heterocycles. The van der Waals surface area contributed by atoms with Crippen molar-refractivity contribution in [2.75, 3.05) is 40.8 Å². The average Bonchev–Trinajstić information content (AvgIpc) is 3.03. The van der Waals surface area contributed by atoms with Crippen molar-refractivity contribution >= 4 is 47.2 Å². The molecule has 1 atom stereocenters. The van der Waals surface area contributed by atoms with E-state index in [1.54, 1.807) is 37.4 Å². The number of aliphatic imine (C=N–C) groups is 1. The minimum atomic E-state index is -0.0292. The Bertz CT molecular complexity index is 542. The van der Waals surface area contributed by atoms with E-state index >= 15 is 0 Å². The Morgan fingerprint density at radius 1 is 1.35 bits per heavy atom. The maximum Gasteiger partial charge on any atom is 0.243 e. The molecule has 1 aromatic heterocycles. The lowest BCUT2D eigenvalue weighted by atomic mass is 9.89. The van der Waals surface area contributed by atoms with Gasteiger partial charge in [-0.2, -0.15) is 0 Å². The van der Waals surface area contributed by atoms with Crippen molar-refractivity contribution in [2.24, 2.45) is 10.4 Å². The van der Waals surface area contributed by atoms with Gasteiger partial charge in [-0.25, -0.2) is 4.99 Å². The SMILES string of the molecule is COC(CNC(=NCC(=O)N(C)C)NCCc1cccs1)C(C)(C)C.I. The number of hydrogen-bond acceptors (Lipinski definition) is 4. The van der Waals surface area contributed by atoms with Crippen LogP contribution in [0.1, 0.15) is 25.6 Å². The Balaban J connectivity index is 0.00000625. The molecule has 0 saturated carbocycles. The van der Waals surface area contributed by atoms with Gasteiger partial charge in [-0.1, -0.05) is 26.8 Å². The van der Waals surface area contributed by atoms with Gasteiger partial charge in [0.15, 0.2) is 5.96 Å². The van der Waals surface area contributed by atoms with Gasteiger partial charge in [-0.05, 0) is 23.3 Å². The number of carbonyl (C=O) groups excluding carboxylic acids is 1. The van der Waals surface area contributed by atoms with Crippen LogP contribution < -0.4 is 10.6 Å². The highest BCUT2D eigenvalue weighted by atomic mass is 127. The van der Waals surface area contributed by atoms with E-state index in [1.807, 2.05) is 0 Å². The molecule has 8 heteroatoms. The summed E-state index contributed by atoms with van der Waals surface area (Å²) < 4.78 is 5.57. The molecular weight excluding hydrogens is 463 g/mol. The summed E-state index contributed by atoms with van der Waals surface area (Å²) in [5, 5.41) is 8.67. The predicted molar refractivity (Wildman–Crippen MR) is 121 cm³/mol. The van der Waals surface area contributed by atoms with Crippen LogP contribution in [0.5, 0.6) is 0 Å². The summed E-state index contributed by atoms with van der Waals surface area (Å²) >= 11 is 1.74. The van der Waals surface area contributed by atoms with Gasteiger partial charge >= 0.3 is 0 Å². The van der Waals surface area contributed by atoms with E-state index in [9.17, 15) is 4.79 Å². The number of nitrogens with zero attached hydrogens (tertiary/aromatic N) is 2. The van der Waals surface area contributed by atoms with Crippen LogP contribution in [0.4, 0.5) is 0 Å². The number of likely N-dealkylation sites (N-methyl/N-ethyl adjacent to an activating group) is 1. The standard InChI is InChI=1S/C18H32N4O2S.HI/c1-18(2,3)15(24-6)12-20-17(21-13-16(23)22(4)5)19-10-9-14-8-7-11-25-14;/h7-8,11,15H,9-10,12-13H2,1-6H3,(H2,19,20,21);1H. The summed E-state index contributed by atoms with van der Waals surface area (Å²) in [4.78, 5) is 19.1. The number of carbonyl (C=O) groups is 1. The normalized spacial score (nSPS) is 12.9. The van der Waals surface area contributed by atoms with Crippen molar-refractivity contribution in [3.8, 4) is 0 Å². The molecule has 1 aromatic rings. The number of halogens is 1. The third-order valence-electron chi connectivity index (χ3n) is 3.82. The lowest BCUT2D eigenvalue weighted by molar-refractivity contribution is -0.127. The molecule has 1 amide bonds. The number of thiophene rings is 1. The fourth-order valence-corrected chi connectivity index (χ4v) is 2.86. The van der Waals surface area contributed by atoms with Crippen LogP contribution in [0.25, 0.3) is 0 Å². The van der Waals surface area contributed by atoms with Crippen LogP contribution >= 0.6 is 35.3 Å². The van der Waals surface area contributed by atoms with E-state index in [0.717, 1.165) is 13.0 Å². The first-order valence-corrected chi connectivity index (χ1v) is 9.39. The Morgan fingerprint density at radius 3 is 2.54 bits per heavy atom. The number of hydrogen-bond donors (Lipinski definition) is 2. The van der Waals surface area contributed by atoms with Crippen molar-refractivity contribution in [3.05, 3.63) is 22.4 Å². The van der Waals surface area contributed by atoms with Crippen LogP contribution in [0.3, 0.4) is 0 Å². The molecule has 0 fully saturated rings. The second-order valence-electron chi connectivity index (χ2n) is 7.18. The van der Waals surface area contributed by atoms with Gasteiger partial charge in [0.05, 0.1) is 6.10 Å². The molecular formula is C18H33IN4O2S. The van der Waals surface area contributed by atoms with E-state index in [4.69, 9.17) is 4.74 Å². The molecule has 0 aliphatic carbocycles. The predicted octanol–water partition coefficient (Wildman–Crippen LogP) is 2.59. The van der Waals surface area contributed by atoms with Gasteiger partial charge < -0.3 is 20.3 Å². The maximum atomic E-state index is 11.8. The van der Waals surface area contributed by atoms with E-state index in [0.29, 0.717) is 12.5 Å². The van der Waals surface area contributed by atoms with E-state index in [1.165, 1.54) is 4.88 Å². The van der Waals surface area contributed by atoms with Gasteiger partial charge in [0.2, 0.25) is 5.91 Å². The maximum absolute atomic E-state index is 11.8. The van der Waals surface area contributed by atoms with Crippen LogP contribution in [0, 0.1) is 5.41 Å². The molecule has 0 bridgehead atoms. The summed E-state index contributed by atoms with van der Waals surface area (Å²) in [5.41, 5.74) is 0.0171. The van der Waals surface area contributed by atoms with E-state index in [2.05, 4.69) is 53.9 Å². The molecule has 26 heavy (non-hydrogen) atoms. The molecule has 0 aromatic carbocycles. The zero-order valence-electron chi connectivity index (χ0n) is 16.7. The second kappa shape index (κ2) is 12.5. The highest BCUT2D eigenvalue weighted by Gasteiger charge is 2.24. The van der Waals surface area contributed by atoms with Crippen molar-refractivity contribution < 1.29 is 9.53 Å². The largest absolute Gasteiger partial charge is 0.379 e. The Morgan fingerprint density at radius 2 is 2.04 bits per heavy atom. The molecule has 1 unspecified atom stereocenters. The van der Waals surface area contributed by atoms with Gasteiger partial charge in [0.25, 0.3) is 0 Å². The zero-order valence-corrected chi connectivity index (χ0v) is 19.8. The molecule has 150 valence electrons. The monoisotopic (exact) mass is 496 g/mol. The topological polar surface area (TPSA) is 66.0 Å². The minimum absolute atomic E-state index is 0. The van der Waals surface area contributed by atoms with Crippen molar-refractivity contribution in [1.82, 2.24) is 15.5 Å². The fourth-order valence-electron chi connectivity index (χ4n) is 2.15. The number of methoxy groups -OCH3 is 1. The molecule has 0 saturated heterocycles. The average molecular weight is 496 g/mol. The first kappa shape index (κ1) is 25.1. The number of ether oxygens (including phenoxy) is 1. The first-order chi connectivity index (χ1) is 11.7. The third-order valence-corrected chi connectivity index (χ3v) is 4.76. The molecule has 0 aliphatic heterocycles. The molecule has 0 spiro atoms. The molecule has 6 nitrogen and oxygen atoms in total. The van der Waals surface area contributed by atoms with Crippen LogP contribution in [0.2, 0.25) is 0 Å². The number of nitrogens with one attached hydrogen (secondary N) is 2. The Kier molecular flexibility index (Phi) is 12.1. The summed E-state index contributed by atoms with van der Waals surface area (Å²) in [6, 6.07) is 4.17. The Hall–Kier alpha value is -0.870. The lowest BCUT2D eigenvalue weighted by Gasteiger charge is -2.30. The summed E-state index contributed by atoms with van der Waals surface area (Å²) in [7, 11) is 5.18. The third kappa shape index (κ3) is 9.72. The quantitative estimate of drug-likeness (QED) is 0.330. The van der Waals surface area contributed by atoms with Crippen LogP contribution in [-0.2, 0) is 16.0 Å². The molecule has 0 radical (unpaired) electrons. The number of rotatable bonds is 8. The molecule has 2 N–H and O–H groups in total. The smallest absolute Gasteiger partial charge is 0.243 e. The van der Waals surface area contributed by atoms with Crippen LogP contribution in [0.15, 0.2) is 22.5 Å². The van der Waals surface area contributed by atoms with Crippen molar-refractivity contribution in [3.63, 3.8) is 0 Å². The second-order valence-corrected chi connectivity index (χ2v) is 8.21. The molecule has 0 aliphatic rings. The number of amides is 1. The van der Waals surface area contributed by atoms with Gasteiger partial charge in [0, 0.05) is 39.2 Å². The zero-order chi connectivity index (χ0) is 18.9. The number of guanidine groups is 1. The van der Waals surface area contributed by atoms with Crippen LogP contribution in [-0.4, -0.2) is 63.7 Å². The van der Waals surface area contributed by atoms with Crippen molar-refractivity contribution in [2.45, 2.75) is 33.3 Å². The highest BCUT2D eigenvalue weighted by Crippen LogP contribution is 2.20. The summed E-state index contributed by atoms with van der Waals surface area (Å²) in [6.45, 7) is 7.92. The fraction of sp³-hybridized carbons (Fsp3) is 0.667. The Labute approximate surface area is 178 Å². The van der Waals surface area contributed by atoms with Gasteiger partial charge in [-0.15, -0.1) is 35.3 Å². The van der Waals surface area contributed by atoms with Gasteiger partial charge in [0.1, 0.15) is 6.54 Å². The van der Waals surface area contributed by atoms with E-state index in [-0.39, 0.29) is 47.9 Å².